The van der Waals surface area contributed by atoms with E-state index < -0.39 is 0 Å². The molecule has 0 unspecified atom stereocenters. The monoisotopic (exact) mass is 170 g/mol. The Bertz CT molecular complexity index is 159. The van der Waals surface area contributed by atoms with Gasteiger partial charge in [-0.25, -0.2) is 0 Å². The van der Waals surface area contributed by atoms with Crippen molar-refractivity contribution in [2.75, 3.05) is 6.54 Å². The van der Waals surface area contributed by atoms with E-state index in [1.54, 1.807) is 0 Å². The lowest BCUT2D eigenvalue weighted by Crippen LogP contribution is -2.37. The highest BCUT2D eigenvalue weighted by atomic mass is 16.1. The number of carbonyl (C=O) groups is 1. The van der Waals surface area contributed by atoms with E-state index in [0.29, 0.717) is 0 Å². The smallest absolute Gasteiger partial charge is 0.223 e. The van der Waals surface area contributed by atoms with Crippen LogP contribution in [0.2, 0.25) is 0 Å². The summed E-state index contributed by atoms with van der Waals surface area (Å²) in [5, 5.41) is 2.84. The van der Waals surface area contributed by atoms with Gasteiger partial charge in [0.15, 0.2) is 0 Å². The van der Waals surface area contributed by atoms with E-state index in [1.807, 2.05) is 6.92 Å². The maximum atomic E-state index is 11.4. The largest absolute Gasteiger partial charge is 0.356 e. The van der Waals surface area contributed by atoms with Crippen molar-refractivity contribution in [2.45, 2.75) is 38.6 Å². The molecule has 0 aromatic rings. The van der Waals surface area contributed by atoms with Crippen molar-refractivity contribution in [3.05, 3.63) is 0 Å². The minimum Gasteiger partial charge on any atom is -0.356 e. The first kappa shape index (κ1) is 9.52. The van der Waals surface area contributed by atoms with E-state index in [9.17, 15) is 4.79 Å². The number of amides is 1. The molecule has 12 heavy (non-hydrogen) atoms. The Kier molecular flexibility index (Phi) is 3.53. The fraction of sp³-hybridized carbons (Fsp3) is 0.889. The van der Waals surface area contributed by atoms with Gasteiger partial charge < -0.3 is 11.1 Å². The van der Waals surface area contributed by atoms with Gasteiger partial charge in [-0.2, -0.15) is 0 Å². The van der Waals surface area contributed by atoms with Gasteiger partial charge in [-0.15, -0.1) is 0 Å². The molecule has 3 heteroatoms. The molecule has 0 spiro atoms. The summed E-state index contributed by atoms with van der Waals surface area (Å²) in [6.07, 6.45) is 4.06. The SMILES string of the molecule is CCNC(=O)[C@H]1CCC[C@H](N)C1. The summed E-state index contributed by atoms with van der Waals surface area (Å²) in [6.45, 7) is 2.67. The predicted molar refractivity (Wildman–Crippen MR) is 48.6 cm³/mol. The van der Waals surface area contributed by atoms with Crippen LogP contribution in [0.4, 0.5) is 0 Å². The second-order valence-corrected chi connectivity index (χ2v) is 3.52. The molecular weight excluding hydrogens is 152 g/mol. The van der Waals surface area contributed by atoms with Crippen LogP contribution in [0.5, 0.6) is 0 Å². The Morgan fingerprint density at radius 1 is 1.58 bits per heavy atom. The van der Waals surface area contributed by atoms with Crippen molar-refractivity contribution in [2.24, 2.45) is 11.7 Å². The van der Waals surface area contributed by atoms with Crippen molar-refractivity contribution in [3.63, 3.8) is 0 Å². The van der Waals surface area contributed by atoms with E-state index in [0.717, 1.165) is 32.2 Å². The molecule has 1 amide bonds. The van der Waals surface area contributed by atoms with E-state index in [-0.39, 0.29) is 17.9 Å². The third kappa shape index (κ3) is 2.48. The summed E-state index contributed by atoms with van der Waals surface area (Å²) >= 11 is 0. The highest BCUT2D eigenvalue weighted by Crippen LogP contribution is 2.22. The fourth-order valence-corrected chi connectivity index (χ4v) is 1.78. The van der Waals surface area contributed by atoms with Crippen LogP contribution in [0.25, 0.3) is 0 Å². The molecule has 1 aliphatic rings. The van der Waals surface area contributed by atoms with E-state index in [2.05, 4.69) is 5.32 Å². The topological polar surface area (TPSA) is 55.1 Å². The Morgan fingerprint density at radius 3 is 2.92 bits per heavy atom. The van der Waals surface area contributed by atoms with Crippen LogP contribution in [-0.2, 0) is 4.79 Å². The maximum Gasteiger partial charge on any atom is 0.223 e. The third-order valence-electron chi connectivity index (χ3n) is 2.44. The molecule has 0 aromatic heterocycles. The molecule has 0 aliphatic heterocycles. The first-order valence-corrected chi connectivity index (χ1v) is 4.77. The molecule has 0 aromatic carbocycles. The minimum atomic E-state index is 0.175. The maximum absolute atomic E-state index is 11.4. The van der Waals surface area contributed by atoms with Crippen LogP contribution < -0.4 is 11.1 Å². The van der Waals surface area contributed by atoms with Crippen LogP contribution in [0.15, 0.2) is 0 Å². The van der Waals surface area contributed by atoms with Crippen molar-refractivity contribution in [1.82, 2.24) is 5.32 Å². The fourth-order valence-electron chi connectivity index (χ4n) is 1.78. The van der Waals surface area contributed by atoms with E-state index >= 15 is 0 Å². The molecule has 1 aliphatic carbocycles. The Labute approximate surface area is 73.7 Å². The van der Waals surface area contributed by atoms with Crippen LogP contribution in [0.3, 0.4) is 0 Å². The summed E-state index contributed by atoms with van der Waals surface area (Å²) in [5.41, 5.74) is 5.78. The number of hydrogen-bond donors (Lipinski definition) is 2. The molecule has 2 atom stereocenters. The predicted octanol–water partition coefficient (Wildman–Crippen LogP) is 0.640. The second kappa shape index (κ2) is 4.45. The molecule has 70 valence electrons. The zero-order chi connectivity index (χ0) is 8.97. The molecule has 0 saturated heterocycles. The number of nitrogens with two attached hydrogens (primary N) is 1. The highest BCUT2D eigenvalue weighted by Gasteiger charge is 2.24. The Balaban J connectivity index is 2.35. The number of carbonyl (C=O) groups excluding carboxylic acids is 1. The average molecular weight is 170 g/mol. The van der Waals surface area contributed by atoms with Crippen LogP contribution in [0, 0.1) is 5.92 Å². The molecule has 3 N–H and O–H groups in total. The van der Waals surface area contributed by atoms with Crippen molar-refractivity contribution in [3.8, 4) is 0 Å². The number of nitrogens with one attached hydrogen (secondary N) is 1. The lowest BCUT2D eigenvalue weighted by Gasteiger charge is -2.25. The second-order valence-electron chi connectivity index (χ2n) is 3.52. The zero-order valence-corrected chi connectivity index (χ0v) is 7.68. The minimum absolute atomic E-state index is 0.175. The summed E-state index contributed by atoms with van der Waals surface area (Å²) in [5.74, 6) is 0.362. The lowest BCUT2D eigenvalue weighted by atomic mass is 9.85. The van der Waals surface area contributed by atoms with Gasteiger partial charge in [0.1, 0.15) is 0 Å². The third-order valence-corrected chi connectivity index (χ3v) is 2.44. The standard InChI is InChI=1S/C9H18N2O/c1-2-11-9(12)7-4-3-5-8(10)6-7/h7-8H,2-6,10H2,1H3,(H,11,12)/t7-,8-/m0/s1. The zero-order valence-electron chi connectivity index (χ0n) is 7.68. The van der Waals surface area contributed by atoms with Crippen molar-refractivity contribution < 1.29 is 4.79 Å². The summed E-state index contributed by atoms with van der Waals surface area (Å²) in [6, 6.07) is 0.242. The van der Waals surface area contributed by atoms with Gasteiger partial charge >= 0.3 is 0 Å². The van der Waals surface area contributed by atoms with Gasteiger partial charge in [0, 0.05) is 18.5 Å². The van der Waals surface area contributed by atoms with Gasteiger partial charge in [0.2, 0.25) is 5.91 Å². The summed E-state index contributed by atoms with van der Waals surface area (Å²) in [7, 11) is 0. The molecule has 1 fully saturated rings. The number of hydrogen-bond acceptors (Lipinski definition) is 2. The Hall–Kier alpha value is -0.570. The Morgan fingerprint density at radius 2 is 2.33 bits per heavy atom. The molecular formula is C9H18N2O. The van der Waals surface area contributed by atoms with Gasteiger partial charge in [-0.05, 0) is 26.2 Å². The van der Waals surface area contributed by atoms with Crippen LogP contribution >= 0.6 is 0 Å². The first-order valence-electron chi connectivity index (χ1n) is 4.77. The van der Waals surface area contributed by atoms with Crippen molar-refractivity contribution >= 4 is 5.91 Å². The quantitative estimate of drug-likeness (QED) is 0.639. The average Bonchev–Trinajstić information content (AvgIpc) is 2.05. The summed E-state index contributed by atoms with van der Waals surface area (Å²) in [4.78, 5) is 11.4. The molecule has 0 heterocycles. The van der Waals surface area contributed by atoms with E-state index in [1.165, 1.54) is 0 Å². The normalized spacial score (nSPS) is 29.8. The van der Waals surface area contributed by atoms with E-state index in [4.69, 9.17) is 5.73 Å². The van der Waals surface area contributed by atoms with Gasteiger partial charge in [0.25, 0.3) is 0 Å². The molecule has 1 rings (SSSR count). The molecule has 3 nitrogen and oxygen atoms in total. The summed E-state index contributed by atoms with van der Waals surface area (Å²) < 4.78 is 0. The van der Waals surface area contributed by atoms with Gasteiger partial charge in [-0.3, -0.25) is 4.79 Å². The van der Waals surface area contributed by atoms with Crippen molar-refractivity contribution in [1.29, 1.82) is 0 Å². The van der Waals surface area contributed by atoms with Gasteiger partial charge in [0.05, 0.1) is 0 Å². The van der Waals surface area contributed by atoms with Gasteiger partial charge in [-0.1, -0.05) is 6.42 Å². The highest BCUT2D eigenvalue weighted by molar-refractivity contribution is 5.78. The molecule has 1 saturated carbocycles. The molecule has 0 bridgehead atoms. The lowest BCUT2D eigenvalue weighted by molar-refractivity contribution is -0.125. The van der Waals surface area contributed by atoms with Crippen LogP contribution in [0.1, 0.15) is 32.6 Å². The first-order chi connectivity index (χ1) is 5.74. The number of rotatable bonds is 2. The molecule has 0 radical (unpaired) electrons. The van der Waals surface area contributed by atoms with Crippen LogP contribution in [-0.4, -0.2) is 18.5 Å².